The Hall–Kier alpha value is -3.67. The lowest BCUT2D eigenvalue weighted by molar-refractivity contribution is 0.0964. The fourth-order valence-corrected chi connectivity index (χ4v) is 3.57. The standard InChI is InChI=1S/C20H22N8O/c1-3-14(26-18-13(9-21)17(22)24-10-25-18)19-27-15-6-4-5-12(20(29)23-2)16(15)28(19)11-7-8-11/h4-6,10-11,14H,3,7-8H2,1-2H3,(H,23,29)(H3,22,24,25,26)/t14-/m0/s1. The van der Waals surface area contributed by atoms with Gasteiger partial charge in [-0.15, -0.1) is 0 Å². The van der Waals surface area contributed by atoms with Crippen molar-refractivity contribution in [2.75, 3.05) is 18.1 Å². The third-order valence-corrected chi connectivity index (χ3v) is 5.14. The van der Waals surface area contributed by atoms with Crippen LogP contribution in [0.25, 0.3) is 11.0 Å². The van der Waals surface area contributed by atoms with Crippen LogP contribution in [0.2, 0.25) is 0 Å². The van der Waals surface area contributed by atoms with Crippen molar-refractivity contribution in [2.24, 2.45) is 0 Å². The van der Waals surface area contributed by atoms with Crippen LogP contribution in [-0.4, -0.2) is 32.5 Å². The highest BCUT2D eigenvalue weighted by molar-refractivity contribution is 6.05. The molecule has 0 aliphatic heterocycles. The first-order chi connectivity index (χ1) is 14.1. The molecule has 2 aromatic heterocycles. The molecule has 9 heteroatoms. The molecule has 4 N–H and O–H groups in total. The molecular formula is C20H22N8O. The Balaban J connectivity index is 1.84. The van der Waals surface area contributed by atoms with E-state index in [2.05, 4.69) is 31.2 Å². The van der Waals surface area contributed by atoms with Gasteiger partial charge < -0.3 is 20.9 Å². The first-order valence-electron chi connectivity index (χ1n) is 9.59. The summed E-state index contributed by atoms with van der Waals surface area (Å²) in [5, 5.41) is 15.5. The molecule has 1 atom stereocenters. The molecule has 1 aromatic carbocycles. The van der Waals surface area contributed by atoms with Crippen LogP contribution in [0.5, 0.6) is 0 Å². The Bertz CT molecular complexity index is 1130. The topological polar surface area (TPSA) is 135 Å². The molecule has 1 fully saturated rings. The minimum atomic E-state index is -0.207. The maximum absolute atomic E-state index is 12.4. The van der Waals surface area contributed by atoms with Crippen molar-refractivity contribution in [3.05, 3.63) is 41.5 Å². The van der Waals surface area contributed by atoms with E-state index in [4.69, 9.17) is 10.7 Å². The number of rotatable bonds is 6. The fourth-order valence-electron chi connectivity index (χ4n) is 3.57. The van der Waals surface area contributed by atoms with Crippen LogP contribution in [0.15, 0.2) is 24.5 Å². The van der Waals surface area contributed by atoms with Gasteiger partial charge in [0.05, 0.1) is 22.6 Å². The number of carbonyl (C=O) groups excluding carboxylic acids is 1. The summed E-state index contributed by atoms with van der Waals surface area (Å²) in [6.45, 7) is 2.03. The van der Waals surface area contributed by atoms with E-state index < -0.39 is 0 Å². The summed E-state index contributed by atoms with van der Waals surface area (Å²) in [6.07, 6.45) is 4.13. The van der Waals surface area contributed by atoms with E-state index in [0.717, 1.165) is 29.7 Å². The van der Waals surface area contributed by atoms with Gasteiger partial charge in [0.2, 0.25) is 0 Å². The maximum Gasteiger partial charge on any atom is 0.253 e. The number of amides is 1. The molecule has 0 bridgehead atoms. The second-order valence-electron chi connectivity index (χ2n) is 7.02. The summed E-state index contributed by atoms with van der Waals surface area (Å²) in [6, 6.07) is 7.74. The van der Waals surface area contributed by atoms with Crippen LogP contribution in [0.4, 0.5) is 11.6 Å². The number of nitrogen functional groups attached to an aromatic ring is 1. The van der Waals surface area contributed by atoms with Gasteiger partial charge in [0, 0.05) is 13.1 Å². The van der Waals surface area contributed by atoms with Gasteiger partial charge in [-0.25, -0.2) is 15.0 Å². The monoisotopic (exact) mass is 390 g/mol. The lowest BCUT2D eigenvalue weighted by Gasteiger charge is -2.20. The van der Waals surface area contributed by atoms with Gasteiger partial charge in [-0.05, 0) is 31.4 Å². The third kappa shape index (κ3) is 3.23. The van der Waals surface area contributed by atoms with E-state index in [-0.39, 0.29) is 23.3 Å². The maximum atomic E-state index is 12.4. The summed E-state index contributed by atoms with van der Waals surface area (Å²) in [4.78, 5) is 25.4. The van der Waals surface area contributed by atoms with Gasteiger partial charge >= 0.3 is 0 Å². The summed E-state index contributed by atoms with van der Waals surface area (Å²) in [5.74, 6) is 1.20. The van der Waals surface area contributed by atoms with E-state index in [1.54, 1.807) is 7.05 Å². The van der Waals surface area contributed by atoms with Crippen molar-refractivity contribution in [3.63, 3.8) is 0 Å². The van der Waals surface area contributed by atoms with Crippen molar-refractivity contribution < 1.29 is 4.79 Å². The van der Waals surface area contributed by atoms with Gasteiger partial charge in [-0.1, -0.05) is 13.0 Å². The highest BCUT2D eigenvalue weighted by Crippen LogP contribution is 2.41. The number of benzene rings is 1. The minimum Gasteiger partial charge on any atom is -0.382 e. The number of hydrogen-bond acceptors (Lipinski definition) is 7. The van der Waals surface area contributed by atoms with Gasteiger partial charge in [0.25, 0.3) is 5.91 Å². The van der Waals surface area contributed by atoms with Gasteiger partial charge in [0.1, 0.15) is 35.4 Å². The Morgan fingerprint density at radius 2 is 2.21 bits per heavy atom. The molecule has 1 aliphatic carbocycles. The van der Waals surface area contributed by atoms with E-state index in [1.165, 1.54) is 6.33 Å². The molecule has 0 unspecified atom stereocenters. The number of anilines is 2. The molecule has 3 aromatic rings. The van der Waals surface area contributed by atoms with Crippen LogP contribution in [0.1, 0.15) is 60.0 Å². The summed E-state index contributed by atoms with van der Waals surface area (Å²) < 4.78 is 2.16. The number of fused-ring (bicyclic) bond motifs is 1. The lowest BCUT2D eigenvalue weighted by atomic mass is 10.1. The number of carbonyl (C=O) groups is 1. The predicted molar refractivity (Wildman–Crippen MR) is 109 cm³/mol. The highest BCUT2D eigenvalue weighted by atomic mass is 16.1. The average Bonchev–Trinajstić information content (AvgIpc) is 3.50. The molecule has 148 valence electrons. The molecular weight excluding hydrogens is 368 g/mol. The number of hydrogen-bond donors (Lipinski definition) is 3. The van der Waals surface area contributed by atoms with Crippen molar-refractivity contribution in [1.29, 1.82) is 5.26 Å². The third-order valence-electron chi connectivity index (χ3n) is 5.14. The molecule has 0 radical (unpaired) electrons. The smallest absolute Gasteiger partial charge is 0.253 e. The Labute approximate surface area is 168 Å². The van der Waals surface area contributed by atoms with Gasteiger partial charge in [-0.3, -0.25) is 4.79 Å². The fraction of sp³-hybridized carbons (Fsp3) is 0.350. The summed E-state index contributed by atoms with van der Waals surface area (Å²) in [5.41, 5.74) is 8.26. The van der Waals surface area contributed by atoms with Crippen LogP contribution in [-0.2, 0) is 0 Å². The van der Waals surface area contributed by atoms with Crippen LogP contribution in [0.3, 0.4) is 0 Å². The quantitative estimate of drug-likeness (QED) is 0.588. The second kappa shape index (κ2) is 7.39. The van der Waals surface area contributed by atoms with E-state index >= 15 is 0 Å². The zero-order valence-corrected chi connectivity index (χ0v) is 16.3. The molecule has 1 saturated carbocycles. The Morgan fingerprint density at radius 1 is 1.41 bits per heavy atom. The van der Waals surface area contributed by atoms with Crippen molar-refractivity contribution >= 4 is 28.6 Å². The molecule has 0 spiro atoms. The number of para-hydroxylation sites is 1. The Kier molecular flexibility index (Phi) is 4.76. The number of nitrogens with one attached hydrogen (secondary N) is 2. The van der Waals surface area contributed by atoms with Crippen LogP contribution in [0, 0.1) is 11.3 Å². The largest absolute Gasteiger partial charge is 0.382 e. The molecule has 1 aliphatic rings. The van der Waals surface area contributed by atoms with E-state index in [9.17, 15) is 10.1 Å². The van der Waals surface area contributed by atoms with E-state index in [0.29, 0.717) is 23.8 Å². The first-order valence-corrected chi connectivity index (χ1v) is 9.59. The zero-order valence-electron chi connectivity index (χ0n) is 16.3. The molecule has 1 amide bonds. The Morgan fingerprint density at radius 3 is 2.86 bits per heavy atom. The molecule has 4 rings (SSSR count). The normalized spacial score (nSPS) is 14.4. The molecule has 2 heterocycles. The lowest BCUT2D eigenvalue weighted by Crippen LogP contribution is -2.20. The number of nitrogens with two attached hydrogens (primary N) is 1. The van der Waals surface area contributed by atoms with Gasteiger partial charge in [-0.2, -0.15) is 5.26 Å². The molecule has 0 saturated heterocycles. The van der Waals surface area contributed by atoms with Crippen molar-refractivity contribution in [3.8, 4) is 6.07 Å². The van der Waals surface area contributed by atoms with Crippen LogP contribution < -0.4 is 16.4 Å². The first kappa shape index (κ1) is 18.7. The second-order valence-corrected chi connectivity index (χ2v) is 7.02. The molecule has 9 nitrogen and oxygen atoms in total. The highest BCUT2D eigenvalue weighted by Gasteiger charge is 2.32. The average molecular weight is 390 g/mol. The number of imidazole rings is 1. The summed E-state index contributed by atoms with van der Waals surface area (Å²) in [7, 11) is 1.62. The number of nitriles is 1. The number of nitrogens with zero attached hydrogens (tertiary/aromatic N) is 5. The van der Waals surface area contributed by atoms with Crippen LogP contribution >= 0.6 is 0 Å². The van der Waals surface area contributed by atoms with Crippen molar-refractivity contribution in [1.82, 2.24) is 24.8 Å². The predicted octanol–water partition coefficient (Wildman–Crippen LogP) is 2.54. The minimum absolute atomic E-state index is 0.137. The molecule has 29 heavy (non-hydrogen) atoms. The SMILES string of the molecule is CC[C@H](Nc1ncnc(N)c1C#N)c1nc2cccc(C(=O)NC)c2n1C1CC1. The number of aromatic nitrogens is 4. The van der Waals surface area contributed by atoms with E-state index in [1.807, 2.05) is 25.1 Å². The van der Waals surface area contributed by atoms with Crippen molar-refractivity contribution in [2.45, 2.75) is 38.3 Å². The van der Waals surface area contributed by atoms with Gasteiger partial charge in [0.15, 0.2) is 0 Å². The summed E-state index contributed by atoms with van der Waals surface area (Å²) >= 11 is 0. The zero-order chi connectivity index (χ0) is 20.5.